The van der Waals surface area contributed by atoms with Gasteiger partial charge in [0, 0.05) is 6.54 Å². The maximum absolute atomic E-state index is 13.1. The van der Waals surface area contributed by atoms with Crippen molar-refractivity contribution in [3.8, 4) is 0 Å². The van der Waals surface area contributed by atoms with Gasteiger partial charge in [-0.1, -0.05) is 40.5 Å². The second-order valence-electron chi connectivity index (χ2n) is 8.66. The van der Waals surface area contributed by atoms with Gasteiger partial charge in [-0.15, -0.1) is 0 Å². The highest BCUT2D eigenvalue weighted by Crippen LogP contribution is 2.20. The van der Waals surface area contributed by atoms with E-state index in [9.17, 15) is 24.3 Å². The van der Waals surface area contributed by atoms with E-state index in [1.807, 2.05) is 27.0 Å². The number of carbonyl (C=O) groups is 4. The Labute approximate surface area is 195 Å². The van der Waals surface area contributed by atoms with Gasteiger partial charge in [0.05, 0.1) is 6.04 Å². The molecule has 32 heavy (non-hydrogen) atoms. The molecule has 6 atom stereocenters. The molecular formula is C22H40N4O5S. The summed E-state index contributed by atoms with van der Waals surface area (Å²) in [5, 5.41) is 14.9. The number of hydrogen-bond donors (Lipinski definition) is 4. The Kier molecular flexibility index (Phi) is 12.1. The Morgan fingerprint density at radius 3 is 2.22 bits per heavy atom. The zero-order chi connectivity index (χ0) is 24.4. The maximum atomic E-state index is 13.1. The van der Waals surface area contributed by atoms with E-state index in [1.165, 1.54) is 4.90 Å². The molecule has 9 nitrogen and oxygen atoms in total. The number of aliphatic carboxylic acids is 1. The van der Waals surface area contributed by atoms with E-state index in [1.54, 1.807) is 18.7 Å². The van der Waals surface area contributed by atoms with Crippen molar-refractivity contribution in [1.29, 1.82) is 0 Å². The van der Waals surface area contributed by atoms with Crippen LogP contribution in [-0.2, 0) is 19.2 Å². The number of nitrogens with one attached hydrogen (secondary N) is 2. The van der Waals surface area contributed by atoms with Crippen LogP contribution in [0.1, 0.15) is 59.8 Å². The van der Waals surface area contributed by atoms with E-state index in [4.69, 9.17) is 5.73 Å². The number of carboxylic acids is 1. The van der Waals surface area contributed by atoms with E-state index in [-0.39, 0.29) is 17.7 Å². The van der Waals surface area contributed by atoms with Crippen molar-refractivity contribution in [1.82, 2.24) is 15.5 Å². The molecule has 5 N–H and O–H groups in total. The average Bonchev–Trinajstić information content (AvgIpc) is 3.27. The number of carbonyl (C=O) groups excluding carboxylic acids is 3. The minimum absolute atomic E-state index is 0.209. The minimum atomic E-state index is -1.10. The van der Waals surface area contributed by atoms with Crippen LogP contribution in [0.2, 0.25) is 0 Å². The van der Waals surface area contributed by atoms with Gasteiger partial charge < -0.3 is 26.4 Å². The first-order chi connectivity index (χ1) is 15.1. The number of hydrogen-bond acceptors (Lipinski definition) is 6. The van der Waals surface area contributed by atoms with Crippen molar-refractivity contribution in [3.05, 3.63) is 0 Å². The fourth-order valence-corrected chi connectivity index (χ4v) is 4.25. The number of nitrogens with two attached hydrogens (primary N) is 1. The molecule has 6 unspecified atom stereocenters. The largest absolute Gasteiger partial charge is 0.480 e. The molecule has 1 fully saturated rings. The van der Waals surface area contributed by atoms with Gasteiger partial charge >= 0.3 is 5.97 Å². The van der Waals surface area contributed by atoms with Crippen molar-refractivity contribution < 1.29 is 24.3 Å². The molecule has 0 aromatic carbocycles. The Morgan fingerprint density at radius 2 is 1.69 bits per heavy atom. The first kappa shape index (κ1) is 28.2. The summed E-state index contributed by atoms with van der Waals surface area (Å²) >= 11 is 1.61. The van der Waals surface area contributed by atoms with Crippen LogP contribution in [0, 0.1) is 11.8 Å². The molecule has 0 radical (unpaired) electrons. The van der Waals surface area contributed by atoms with E-state index in [0.29, 0.717) is 38.6 Å². The lowest BCUT2D eigenvalue weighted by molar-refractivity contribution is -0.144. The first-order valence-corrected chi connectivity index (χ1v) is 12.9. The molecule has 184 valence electrons. The average molecular weight is 473 g/mol. The standard InChI is InChI=1S/C22H40N4O5S/c1-6-13(3)17(20(28)25-18(22(30)31)14(4)7-2)24-19(27)16-9-8-11-26(16)21(29)15(23)10-12-32-5/h13-18H,6-12,23H2,1-5H3,(H,24,27)(H,25,28)(H,30,31). The maximum Gasteiger partial charge on any atom is 0.326 e. The summed E-state index contributed by atoms with van der Waals surface area (Å²) in [6.07, 6.45) is 4.88. The Balaban J connectivity index is 2.94. The van der Waals surface area contributed by atoms with Gasteiger partial charge in [0.2, 0.25) is 17.7 Å². The molecule has 0 bridgehead atoms. The third-order valence-corrected chi connectivity index (χ3v) is 7.00. The molecule has 1 aliphatic rings. The molecule has 1 rings (SSSR count). The molecule has 3 amide bonds. The predicted molar refractivity (Wildman–Crippen MR) is 126 cm³/mol. The van der Waals surface area contributed by atoms with E-state index in [0.717, 1.165) is 5.75 Å². The molecule has 0 aromatic rings. The van der Waals surface area contributed by atoms with Crippen molar-refractivity contribution in [2.75, 3.05) is 18.6 Å². The second kappa shape index (κ2) is 13.7. The Hall–Kier alpha value is -1.81. The number of carboxylic acid groups (broad SMARTS) is 1. The minimum Gasteiger partial charge on any atom is -0.480 e. The zero-order valence-corrected chi connectivity index (χ0v) is 20.7. The van der Waals surface area contributed by atoms with Crippen molar-refractivity contribution in [3.63, 3.8) is 0 Å². The van der Waals surface area contributed by atoms with Crippen LogP contribution in [0.15, 0.2) is 0 Å². The van der Waals surface area contributed by atoms with Crippen LogP contribution in [0.3, 0.4) is 0 Å². The molecule has 0 aromatic heterocycles. The number of thioether (sulfide) groups is 1. The number of likely N-dealkylation sites (tertiary alicyclic amines) is 1. The monoisotopic (exact) mass is 472 g/mol. The summed E-state index contributed by atoms with van der Waals surface area (Å²) in [7, 11) is 0. The lowest BCUT2D eigenvalue weighted by Crippen LogP contribution is -2.58. The molecule has 0 spiro atoms. The predicted octanol–water partition coefficient (Wildman–Crippen LogP) is 1.20. The highest BCUT2D eigenvalue weighted by atomic mass is 32.2. The third-order valence-electron chi connectivity index (χ3n) is 6.36. The van der Waals surface area contributed by atoms with Gasteiger partial charge in [-0.3, -0.25) is 14.4 Å². The zero-order valence-electron chi connectivity index (χ0n) is 19.9. The molecule has 1 heterocycles. The summed E-state index contributed by atoms with van der Waals surface area (Å²) in [6.45, 7) is 7.81. The van der Waals surface area contributed by atoms with Gasteiger partial charge in [-0.25, -0.2) is 4.79 Å². The van der Waals surface area contributed by atoms with Crippen molar-refractivity contribution in [2.45, 2.75) is 84.0 Å². The van der Waals surface area contributed by atoms with Gasteiger partial charge in [0.25, 0.3) is 0 Å². The van der Waals surface area contributed by atoms with Gasteiger partial charge in [-0.2, -0.15) is 11.8 Å². The third kappa shape index (κ3) is 7.65. The topological polar surface area (TPSA) is 142 Å². The van der Waals surface area contributed by atoms with Crippen LogP contribution >= 0.6 is 11.8 Å². The Morgan fingerprint density at radius 1 is 1.09 bits per heavy atom. The van der Waals surface area contributed by atoms with Crippen molar-refractivity contribution >= 4 is 35.5 Å². The quantitative estimate of drug-likeness (QED) is 0.315. The Bertz CT molecular complexity index is 662. The number of nitrogens with zero attached hydrogens (tertiary/aromatic N) is 1. The SMILES string of the molecule is CCC(C)C(NC(=O)C(NC(=O)C1CCCN1C(=O)C(N)CCSC)C(C)CC)C(=O)O. The van der Waals surface area contributed by atoms with Crippen LogP contribution < -0.4 is 16.4 Å². The molecule has 1 saturated heterocycles. The van der Waals surface area contributed by atoms with Crippen LogP contribution in [0.5, 0.6) is 0 Å². The van der Waals surface area contributed by atoms with Crippen LogP contribution in [-0.4, -0.2) is 76.4 Å². The van der Waals surface area contributed by atoms with Crippen LogP contribution in [0.4, 0.5) is 0 Å². The summed E-state index contributed by atoms with van der Waals surface area (Å²) in [4.78, 5) is 52.0. The molecular weight excluding hydrogens is 432 g/mol. The van der Waals surface area contributed by atoms with Crippen molar-refractivity contribution in [2.24, 2.45) is 17.6 Å². The summed E-state index contributed by atoms with van der Waals surface area (Å²) < 4.78 is 0. The highest BCUT2D eigenvalue weighted by Gasteiger charge is 2.39. The van der Waals surface area contributed by atoms with Gasteiger partial charge in [0.1, 0.15) is 18.1 Å². The first-order valence-electron chi connectivity index (χ1n) is 11.5. The van der Waals surface area contributed by atoms with E-state index >= 15 is 0 Å². The van der Waals surface area contributed by atoms with E-state index < -0.39 is 42.0 Å². The van der Waals surface area contributed by atoms with Gasteiger partial charge in [-0.05, 0) is 43.1 Å². The number of rotatable bonds is 13. The lowest BCUT2D eigenvalue weighted by Gasteiger charge is -2.31. The normalized spacial score (nSPS) is 20.7. The molecule has 1 aliphatic heterocycles. The summed E-state index contributed by atoms with van der Waals surface area (Å²) in [5.74, 6) is -1.97. The fraction of sp³-hybridized carbons (Fsp3) is 0.818. The highest BCUT2D eigenvalue weighted by molar-refractivity contribution is 7.98. The van der Waals surface area contributed by atoms with Crippen LogP contribution in [0.25, 0.3) is 0 Å². The molecule has 0 aliphatic carbocycles. The molecule has 10 heteroatoms. The summed E-state index contributed by atoms with van der Waals surface area (Å²) in [6, 6.07) is -3.25. The van der Waals surface area contributed by atoms with Gasteiger partial charge in [0.15, 0.2) is 0 Å². The fourth-order valence-electron chi connectivity index (χ4n) is 3.76. The summed E-state index contributed by atoms with van der Waals surface area (Å²) in [5.41, 5.74) is 6.03. The molecule has 0 saturated carbocycles. The smallest absolute Gasteiger partial charge is 0.326 e. The second-order valence-corrected chi connectivity index (χ2v) is 9.65. The number of amides is 3. The van der Waals surface area contributed by atoms with E-state index in [2.05, 4.69) is 10.6 Å². The lowest BCUT2D eigenvalue weighted by atomic mass is 9.95.